The van der Waals surface area contributed by atoms with E-state index in [9.17, 15) is 29.1 Å². The van der Waals surface area contributed by atoms with E-state index >= 15 is 0 Å². The molecule has 3 atom stereocenters. The minimum Gasteiger partial charge on any atom is -0.480 e. The number of carboxylic acids is 1. The van der Waals surface area contributed by atoms with Gasteiger partial charge in [0.05, 0.1) is 0 Å². The summed E-state index contributed by atoms with van der Waals surface area (Å²) in [6.07, 6.45) is 1.88. The molecule has 1 fully saturated rings. The predicted molar refractivity (Wildman–Crippen MR) is 120 cm³/mol. The number of hydrogen-bond acceptors (Lipinski definition) is 5. The number of nitrogens with two attached hydrogens (primary N) is 1. The summed E-state index contributed by atoms with van der Waals surface area (Å²) in [4.78, 5) is 62.5. The molecular formula is C23H30N4O6. The number of primary amides is 1. The van der Waals surface area contributed by atoms with Gasteiger partial charge >= 0.3 is 5.97 Å². The van der Waals surface area contributed by atoms with Gasteiger partial charge in [0.1, 0.15) is 17.6 Å². The van der Waals surface area contributed by atoms with Crippen LogP contribution < -0.4 is 16.4 Å². The maximum atomic E-state index is 13.2. The van der Waals surface area contributed by atoms with E-state index in [1.54, 1.807) is 37.3 Å². The minimum atomic E-state index is -1.35. The third kappa shape index (κ3) is 6.64. The highest BCUT2D eigenvalue weighted by Gasteiger charge is 2.46. The lowest BCUT2D eigenvalue weighted by Gasteiger charge is -2.34. The lowest BCUT2D eigenvalue weighted by Crippen LogP contribution is -2.60. The number of benzene rings is 1. The molecule has 1 saturated heterocycles. The SMILES string of the molecule is C=CC(=O)N1CCC[C@@]1(C)C(=O)N[C@@H](Cc1ccccc1)C(=O)N[C@@H](CCC(N)=O)C(=O)O. The molecule has 1 aliphatic rings. The molecule has 2 rings (SSSR count). The van der Waals surface area contributed by atoms with Crippen LogP contribution in [0.2, 0.25) is 0 Å². The van der Waals surface area contributed by atoms with Crippen molar-refractivity contribution in [2.75, 3.05) is 6.54 Å². The van der Waals surface area contributed by atoms with Crippen molar-refractivity contribution in [2.24, 2.45) is 5.73 Å². The van der Waals surface area contributed by atoms with Gasteiger partial charge < -0.3 is 26.4 Å². The van der Waals surface area contributed by atoms with Crippen molar-refractivity contribution in [1.82, 2.24) is 15.5 Å². The first-order valence-corrected chi connectivity index (χ1v) is 10.7. The molecule has 33 heavy (non-hydrogen) atoms. The number of rotatable bonds is 11. The zero-order chi connectivity index (χ0) is 24.6. The van der Waals surface area contributed by atoms with Crippen LogP contribution in [0.3, 0.4) is 0 Å². The van der Waals surface area contributed by atoms with Crippen molar-refractivity contribution in [3.05, 3.63) is 48.6 Å². The summed E-state index contributed by atoms with van der Waals surface area (Å²) in [7, 11) is 0. The van der Waals surface area contributed by atoms with E-state index in [0.29, 0.717) is 19.4 Å². The highest BCUT2D eigenvalue weighted by Crippen LogP contribution is 2.29. The first kappa shape index (κ1) is 25.6. The number of carbonyl (C=O) groups excluding carboxylic acids is 4. The van der Waals surface area contributed by atoms with Crippen LogP contribution in [0.15, 0.2) is 43.0 Å². The maximum Gasteiger partial charge on any atom is 0.326 e. The van der Waals surface area contributed by atoms with Gasteiger partial charge in [-0.05, 0) is 37.8 Å². The summed E-state index contributed by atoms with van der Waals surface area (Å²) in [5, 5.41) is 14.5. The zero-order valence-corrected chi connectivity index (χ0v) is 18.6. The fourth-order valence-electron chi connectivity index (χ4n) is 3.85. The number of amides is 4. The number of nitrogens with one attached hydrogen (secondary N) is 2. The lowest BCUT2D eigenvalue weighted by atomic mass is 9.95. The van der Waals surface area contributed by atoms with Crippen molar-refractivity contribution in [3.8, 4) is 0 Å². The molecule has 1 aromatic rings. The van der Waals surface area contributed by atoms with Crippen molar-refractivity contribution in [1.29, 1.82) is 0 Å². The van der Waals surface area contributed by atoms with Gasteiger partial charge in [0.15, 0.2) is 0 Å². The Hall–Kier alpha value is -3.69. The van der Waals surface area contributed by atoms with Crippen LogP contribution in [0.5, 0.6) is 0 Å². The van der Waals surface area contributed by atoms with Gasteiger partial charge in [-0.1, -0.05) is 36.9 Å². The summed E-state index contributed by atoms with van der Waals surface area (Å²) in [5.74, 6) is -3.63. The third-order valence-electron chi connectivity index (χ3n) is 5.77. The average Bonchev–Trinajstić information content (AvgIpc) is 3.18. The monoisotopic (exact) mass is 458 g/mol. The van der Waals surface area contributed by atoms with Gasteiger partial charge in [0.2, 0.25) is 23.6 Å². The second kappa shape index (κ2) is 11.3. The number of carboxylic acid groups (broad SMARTS) is 1. The highest BCUT2D eigenvalue weighted by atomic mass is 16.4. The van der Waals surface area contributed by atoms with E-state index in [0.717, 1.165) is 11.6 Å². The molecule has 0 aliphatic carbocycles. The zero-order valence-electron chi connectivity index (χ0n) is 18.6. The number of hydrogen-bond donors (Lipinski definition) is 4. The summed E-state index contributed by atoms with van der Waals surface area (Å²) in [5.41, 5.74) is 4.67. The molecule has 0 aromatic heterocycles. The van der Waals surface area contributed by atoms with E-state index in [4.69, 9.17) is 5.73 Å². The molecule has 1 heterocycles. The molecule has 0 unspecified atom stereocenters. The quantitative estimate of drug-likeness (QED) is 0.345. The lowest BCUT2D eigenvalue weighted by molar-refractivity contribution is -0.144. The smallest absolute Gasteiger partial charge is 0.326 e. The van der Waals surface area contributed by atoms with Gasteiger partial charge in [0.25, 0.3) is 0 Å². The van der Waals surface area contributed by atoms with E-state index < -0.39 is 41.3 Å². The molecule has 0 spiro atoms. The minimum absolute atomic E-state index is 0.103. The van der Waals surface area contributed by atoms with Gasteiger partial charge in [-0.3, -0.25) is 19.2 Å². The predicted octanol–water partition coefficient (Wildman–Crippen LogP) is 0.116. The number of nitrogens with zero attached hydrogens (tertiary/aromatic N) is 1. The van der Waals surface area contributed by atoms with Crippen molar-refractivity contribution >= 4 is 29.6 Å². The van der Waals surface area contributed by atoms with Crippen LogP contribution >= 0.6 is 0 Å². The second-order valence-corrected chi connectivity index (χ2v) is 8.19. The molecule has 178 valence electrons. The van der Waals surface area contributed by atoms with E-state index in [1.165, 1.54) is 4.90 Å². The molecule has 0 bridgehead atoms. The topological polar surface area (TPSA) is 159 Å². The summed E-state index contributed by atoms with van der Waals surface area (Å²) >= 11 is 0. The van der Waals surface area contributed by atoms with Crippen molar-refractivity contribution in [2.45, 2.75) is 56.7 Å². The summed E-state index contributed by atoms with van der Waals surface area (Å²) < 4.78 is 0. The van der Waals surface area contributed by atoms with Gasteiger partial charge in [-0.15, -0.1) is 0 Å². The van der Waals surface area contributed by atoms with Crippen LogP contribution in [-0.4, -0.2) is 63.8 Å². The van der Waals surface area contributed by atoms with E-state index in [1.807, 2.05) is 0 Å². The molecule has 10 nitrogen and oxygen atoms in total. The Labute approximate surface area is 192 Å². The van der Waals surface area contributed by atoms with Crippen LogP contribution in [-0.2, 0) is 30.4 Å². The Morgan fingerprint density at radius 3 is 2.42 bits per heavy atom. The number of carbonyl (C=O) groups is 5. The second-order valence-electron chi connectivity index (χ2n) is 8.19. The van der Waals surface area contributed by atoms with Crippen LogP contribution in [0.1, 0.15) is 38.2 Å². The van der Waals surface area contributed by atoms with Crippen LogP contribution in [0.25, 0.3) is 0 Å². The molecule has 1 aromatic carbocycles. The van der Waals surface area contributed by atoms with Gasteiger partial charge in [0, 0.05) is 19.4 Å². The number of likely N-dealkylation sites (tertiary alicyclic amines) is 1. The van der Waals surface area contributed by atoms with E-state index in [-0.39, 0.29) is 25.2 Å². The third-order valence-corrected chi connectivity index (χ3v) is 5.77. The highest BCUT2D eigenvalue weighted by molar-refractivity contribution is 5.98. The fourth-order valence-corrected chi connectivity index (χ4v) is 3.85. The van der Waals surface area contributed by atoms with Crippen molar-refractivity contribution in [3.63, 3.8) is 0 Å². The summed E-state index contributed by atoms with van der Waals surface area (Å²) in [6.45, 7) is 5.49. The molecular weight excluding hydrogens is 428 g/mol. The molecule has 1 aliphatic heterocycles. The summed E-state index contributed by atoms with van der Waals surface area (Å²) in [6, 6.07) is 6.47. The number of aliphatic carboxylic acids is 1. The average molecular weight is 459 g/mol. The Morgan fingerprint density at radius 2 is 1.85 bits per heavy atom. The first-order valence-electron chi connectivity index (χ1n) is 10.7. The Kier molecular flexibility index (Phi) is 8.72. The van der Waals surface area contributed by atoms with E-state index in [2.05, 4.69) is 17.2 Å². The standard InChI is InChI=1S/C23H30N4O6/c1-3-19(29)27-13-7-12-23(27,2)22(33)26-17(14-15-8-5-4-6-9-15)20(30)25-16(21(31)32)10-11-18(24)28/h3-6,8-9,16-17H,1,7,10-14H2,2H3,(H2,24,28)(H,25,30)(H,26,33)(H,31,32)/t16-,17-,23-/m0/s1. The Morgan fingerprint density at radius 1 is 1.18 bits per heavy atom. The molecule has 0 saturated carbocycles. The first-order chi connectivity index (χ1) is 15.6. The molecule has 10 heteroatoms. The van der Waals surface area contributed by atoms with Crippen molar-refractivity contribution < 1.29 is 29.1 Å². The molecule has 5 N–H and O–H groups in total. The Bertz CT molecular complexity index is 919. The Balaban J connectivity index is 2.24. The van der Waals surface area contributed by atoms with Gasteiger partial charge in [-0.25, -0.2) is 4.79 Å². The normalized spacial score (nSPS) is 19.2. The molecule has 4 amide bonds. The maximum absolute atomic E-state index is 13.2. The van der Waals surface area contributed by atoms with Crippen LogP contribution in [0, 0.1) is 0 Å². The molecule has 0 radical (unpaired) electrons. The van der Waals surface area contributed by atoms with Crippen LogP contribution in [0.4, 0.5) is 0 Å². The fraction of sp³-hybridized carbons (Fsp3) is 0.435. The van der Waals surface area contributed by atoms with Gasteiger partial charge in [-0.2, -0.15) is 0 Å². The largest absolute Gasteiger partial charge is 0.480 e.